The molecule has 1 atom stereocenters. The molecule has 4 rings (SSSR count). The van der Waals surface area contributed by atoms with Gasteiger partial charge in [-0.3, -0.25) is 9.78 Å². The summed E-state index contributed by atoms with van der Waals surface area (Å²) in [5.74, 6) is 0.1000. The van der Waals surface area contributed by atoms with E-state index in [4.69, 9.17) is 4.98 Å². The summed E-state index contributed by atoms with van der Waals surface area (Å²) in [7, 11) is 0. The maximum Gasteiger partial charge on any atom is 0.254 e. The number of carbonyl (C=O) groups excluding carboxylic acids is 1. The summed E-state index contributed by atoms with van der Waals surface area (Å²) in [6.45, 7) is 2.97. The van der Waals surface area contributed by atoms with Gasteiger partial charge in [0.25, 0.3) is 5.91 Å². The van der Waals surface area contributed by atoms with Gasteiger partial charge in [-0.25, -0.2) is 4.98 Å². The van der Waals surface area contributed by atoms with Crippen LogP contribution >= 0.6 is 0 Å². The van der Waals surface area contributed by atoms with Crippen molar-refractivity contribution in [3.63, 3.8) is 0 Å². The van der Waals surface area contributed by atoms with Gasteiger partial charge in [0, 0.05) is 24.2 Å². The van der Waals surface area contributed by atoms with Crippen molar-refractivity contribution < 1.29 is 4.79 Å². The van der Waals surface area contributed by atoms with Gasteiger partial charge in [0.1, 0.15) is 0 Å². The highest BCUT2D eigenvalue weighted by molar-refractivity contribution is 6.07. The molecular formula is C21H21N3O. The molecule has 0 saturated carbocycles. The lowest BCUT2D eigenvalue weighted by molar-refractivity contribution is 0.0637. The van der Waals surface area contributed by atoms with Crippen molar-refractivity contribution in [2.75, 3.05) is 6.54 Å². The molecule has 0 aliphatic carbocycles. The Labute approximate surface area is 147 Å². The normalized spacial score (nSPS) is 17.6. The number of hydrogen-bond acceptors (Lipinski definition) is 3. The van der Waals surface area contributed by atoms with Crippen LogP contribution in [0.3, 0.4) is 0 Å². The molecule has 0 N–H and O–H groups in total. The predicted molar refractivity (Wildman–Crippen MR) is 99.3 cm³/mol. The van der Waals surface area contributed by atoms with Crippen molar-refractivity contribution in [3.05, 3.63) is 60.3 Å². The fourth-order valence-corrected chi connectivity index (χ4v) is 3.55. The maximum absolute atomic E-state index is 13.3. The Morgan fingerprint density at radius 1 is 1.08 bits per heavy atom. The van der Waals surface area contributed by atoms with Gasteiger partial charge in [-0.05, 0) is 50.5 Å². The molecular weight excluding hydrogens is 310 g/mol. The van der Waals surface area contributed by atoms with E-state index in [1.165, 1.54) is 6.42 Å². The molecule has 0 bridgehead atoms. The first-order valence-corrected chi connectivity index (χ1v) is 8.86. The quantitative estimate of drug-likeness (QED) is 0.703. The van der Waals surface area contributed by atoms with Crippen LogP contribution in [0.25, 0.3) is 22.3 Å². The standard InChI is InChI=1S/C21H21N3O/c1-15-8-5-7-13-24(15)21(25)17-14-20(19-11-4-6-12-22-19)23-18-10-3-2-9-16(17)18/h2-4,6,9-12,14-15H,5,7-8,13H2,1H3. The third-order valence-electron chi connectivity index (χ3n) is 4.94. The monoisotopic (exact) mass is 331 g/mol. The summed E-state index contributed by atoms with van der Waals surface area (Å²) in [6, 6.07) is 15.8. The molecule has 126 valence electrons. The fourth-order valence-electron chi connectivity index (χ4n) is 3.55. The zero-order valence-corrected chi connectivity index (χ0v) is 14.4. The molecule has 1 aliphatic rings. The lowest BCUT2D eigenvalue weighted by Gasteiger charge is -2.33. The molecule has 0 spiro atoms. The topological polar surface area (TPSA) is 46.1 Å². The van der Waals surface area contributed by atoms with Crippen molar-refractivity contribution in [3.8, 4) is 11.4 Å². The number of para-hydroxylation sites is 1. The number of benzene rings is 1. The second kappa shape index (κ2) is 6.63. The van der Waals surface area contributed by atoms with Crippen LogP contribution in [0.4, 0.5) is 0 Å². The van der Waals surface area contributed by atoms with E-state index < -0.39 is 0 Å². The van der Waals surface area contributed by atoms with Crippen molar-refractivity contribution in [2.45, 2.75) is 32.2 Å². The van der Waals surface area contributed by atoms with E-state index in [0.717, 1.165) is 47.2 Å². The van der Waals surface area contributed by atoms with Gasteiger partial charge < -0.3 is 4.90 Å². The lowest BCUT2D eigenvalue weighted by atomic mass is 10.00. The summed E-state index contributed by atoms with van der Waals surface area (Å²) >= 11 is 0. The average Bonchev–Trinajstić information content (AvgIpc) is 2.67. The molecule has 4 nitrogen and oxygen atoms in total. The first-order valence-electron chi connectivity index (χ1n) is 8.86. The van der Waals surface area contributed by atoms with E-state index in [2.05, 4.69) is 11.9 Å². The van der Waals surface area contributed by atoms with E-state index in [1.54, 1.807) is 6.20 Å². The van der Waals surface area contributed by atoms with Crippen LogP contribution in [0.15, 0.2) is 54.7 Å². The largest absolute Gasteiger partial charge is 0.336 e. The van der Waals surface area contributed by atoms with Gasteiger partial charge in [0.15, 0.2) is 0 Å². The zero-order valence-electron chi connectivity index (χ0n) is 14.4. The van der Waals surface area contributed by atoms with Crippen molar-refractivity contribution in [1.29, 1.82) is 0 Å². The van der Waals surface area contributed by atoms with Crippen LogP contribution in [0.5, 0.6) is 0 Å². The Bertz CT molecular complexity index is 907. The van der Waals surface area contributed by atoms with Crippen LogP contribution < -0.4 is 0 Å². The van der Waals surface area contributed by atoms with Gasteiger partial charge in [0.05, 0.1) is 22.5 Å². The molecule has 1 fully saturated rings. The second-order valence-corrected chi connectivity index (χ2v) is 6.63. The highest BCUT2D eigenvalue weighted by atomic mass is 16.2. The molecule has 1 aromatic carbocycles. The van der Waals surface area contributed by atoms with E-state index >= 15 is 0 Å². The lowest BCUT2D eigenvalue weighted by Crippen LogP contribution is -2.42. The number of piperidine rings is 1. The van der Waals surface area contributed by atoms with Gasteiger partial charge >= 0.3 is 0 Å². The Morgan fingerprint density at radius 3 is 2.72 bits per heavy atom. The molecule has 1 saturated heterocycles. The number of likely N-dealkylation sites (tertiary alicyclic amines) is 1. The third-order valence-corrected chi connectivity index (χ3v) is 4.94. The molecule has 0 radical (unpaired) electrons. The smallest absolute Gasteiger partial charge is 0.254 e. The molecule has 1 unspecified atom stereocenters. The summed E-state index contributed by atoms with van der Waals surface area (Å²) in [6.07, 6.45) is 5.09. The van der Waals surface area contributed by atoms with Gasteiger partial charge in [-0.2, -0.15) is 0 Å². The number of rotatable bonds is 2. The van der Waals surface area contributed by atoms with Crippen molar-refractivity contribution in [2.24, 2.45) is 0 Å². The third kappa shape index (κ3) is 3.00. The molecule has 25 heavy (non-hydrogen) atoms. The second-order valence-electron chi connectivity index (χ2n) is 6.63. The summed E-state index contributed by atoms with van der Waals surface area (Å²) in [5, 5.41) is 0.907. The van der Waals surface area contributed by atoms with E-state index in [1.807, 2.05) is 53.4 Å². The molecule has 2 aromatic heterocycles. The van der Waals surface area contributed by atoms with Gasteiger partial charge in [-0.15, -0.1) is 0 Å². The van der Waals surface area contributed by atoms with Crippen LogP contribution in [-0.2, 0) is 0 Å². The minimum Gasteiger partial charge on any atom is -0.336 e. The molecule has 4 heteroatoms. The Kier molecular flexibility index (Phi) is 4.18. The van der Waals surface area contributed by atoms with Crippen molar-refractivity contribution >= 4 is 16.8 Å². The Morgan fingerprint density at radius 2 is 1.92 bits per heavy atom. The van der Waals surface area contributed by atoms with Crippen LogP contribution in [0.1, 0.15) is 36.5 Å². The van der Waals surface area contributed by atoms with Gasteiger partial charge in [0.2, 0.25) is 0 Å². The predicted octanol–water partition coefficient (Wildman–Crippen LogP) is 4.31. The molecule has 1 amide bonds. The van der Waals surface area contributed by atoms with Crippen LogP contribution in [-0.4, -0.2) is 33.4 Å². The summed E-state index contributed by atoms with van der Waals surface area (Å²) in [5.41, 5.74) is 3.08. The Balaban J connectivity index is 1.85. The zero-order chi connectivity index (χ0) is 17.2. The molecule has 3 heterocycles. The van der Waals surface area contributed by atoms with Crippen LogP contribution in [0, 0.1) is 0 Å². The number of hydrogen-bond donors (Lipinski definition) is 0. The number of amides is 1. The van der Waals surface area contributed by atoms with E-state index in [-0.39, 0.29) is 11.9 Å². The summed E-state index contributed by atoms with van der Waals surface area (Å²) in [4.78, 5) is 24.4. The molecule has 3 aromatic rings. The van der Waals surface area contributed by atoms with Gasteiger partial charge in [-0.1, -0.05) is 24.3 Å². The van der Waals surface area contributed by atoms with E-state index in [9.17, 15) is 4.79 Å². The number of carbonyl (C=O) groups is 1. The fraction of sp³-hybridized carbons (Fsp3) is 0.286. The SMILES string of the molecule is CC1CCCCN1C(=O)c1cc(-c2ccccn2)nc2ccccc12. The highest BCUT2D eigenvalue weighted by Gasteiger charge is 2.26. The number of pyridine rings is 2. The highest BCUT2D eigenvalue weighted by Crippen LogP contribution is 2.27. The number of aromatic nitrogens is 2. The first kappa shape index (κ1) is 15.8. The number of nitrogens with zero attached hydrogens (tertiary/aromatic N) is 3. The minimum atomic E-state index is 0.1000. The van der Waals surface area contributed by atoms with E-state index in [0.29, 0.717) is 0 Å². The minimum absolute atomic E-state index is 0.1000. The maximum atomic E-state index is 13.3. The Hall–Kier alpha value is -2.75. The van der Waals surface area contributed by atoms with Crippen molar-refractivity contribution in [1.82, 2.24) is 14.9 Å². The number of fused-ring (bicyclic) bond motifs is 1. The first-order chi connectivity index (χ1) is 12.2. The average molecular weight is 331 g/mol. The molecule has 1 aliphatic heterocycles. The van der Waals surface area contributed by atoms with Crippen LogP contribution in [0.2, 0.25) is 0 Å². The summed E-state index contributed by atoms with van der Waals surface area (Å²) < 4.78 is 0.